The van der Waals surface area contributed by atoms with Crippen LogP contribution in [0.15, 0.2) is 29.2 Å². The number of benzene rings is 1. The summed E-state index contributed by atoms with van der Waals surface area (Å²) in [7, 11) is 1.83. The highest BCUT2D eigenvalue weighted by atomic mass is 16.5. The largest absolute Gasteiger partial charge is 0.494 e. The minimum absolute atomic E-state index is 0.157. The first kappa shape index (κ1) is 19.4. The summed E-state index contributed by atoms with van der Waals surface area (Å²) in [5.74, 6) is 0.298. The summed E-state index contributed by atoms with van der Waals surface area (Å²) in [6, 6.07) is 5.37. The van der Waals surface area contributed by atoms with Gasteiger partial charge in [-0.2, -0.15) is 0 Å². The van der Waals surface area contributed by atoms with Crippen molar-refractivity contribution in [1.29, 1.82) is 0 Å². The second kappa shape index (κ2) is 9.01. The van der Waals surface area contributed by atoms with Gasteiger partial charge >= 0.3 is 0 Å². The normalized spacial score (nSPS) is 15.0. The van der Waals surface area contributed by atoms with Gasteiger partial charge in [-0.1, -0.05) is 0 Å². The average Bonchev–Trinajstić information content (AvgIpc) is 2.69. The first-order chi connectivity index (χ1) is 13.1. The lowest BCUT2D eigenvalue weighted by Crippen LogP contribution is -2.38. The molecule has 0 atom stereocenters. The Balaban J connectivity index is 1.68. The van der Waals surface area contributed by atoms with Crippen molar-refractivity contribution < 1.29 is 14.3 Å². The number of carbonyl (C=O) groups is 1. The van der Waals surface area contributed by atoms with Gasteiger partial charge in [-0.3, -0.25) is 14.5 Å². The highest BCUT2D eigenvalue weighted by molar-refractivity contribution is 5.97. The fourth-order valence-electron chi connectivity index (χ4n) is 3.31. The summed E-state index contributed by atoms with van der Waals surface area (Å²) in [5, 5.41) is 3.36. The number of aromatic nitrogens is 1. The number of amides is 1. The second-order valence-electron chi connectivity index (χ2n) is 6.66. The maximum atomic E-state index is 12.8. The number of hydrogen-bond donors (Lipinski definition) is 1. The predicted octanol–water partition coefficient (Wildman–Crippen LogP) is 1.39. The Labute approximate surface area is 158 Å². The quantitative estimate of drug-likeness (QED) is 0.743. The fraction of sp³-hybridized carbons (Fsp3) is 0.500. The average molecular weight is 373 g/mol. The molecule has 0 unspecified atom stereocenters. The maximum absolute atomic E-state index is 12.8. The van der Waals surface area contributed by atoms with E-state index in [4.69, 9.17) is 9.47 Å². The van der Waals surface area contributed by atoms with Gasteiger partial charge in [0.25, 0.3) is 5.91 Å². The Morgan fingerprint density at radius 1 is 1.30 bits per heavy atom. The standard InChI is InChI=1S/C20H27N3O4/c1-3-27-15-5-6-18-16(13-15)19(24)17(14-22(18)2)20(25)21-7-4-8-23-9-11-26-12-10-23/h5-6,13-14H,3-4,7-12H2,1-2H3,(H,21,25). The first-order valence-corrected chi connectivity index (χ1v) is 9.44. The van der Waals surface area contributed by atoms with Crippen LogP contribution in [-0.2, 0) is 11.8 Å². The Bertz CT molecular complexity index is 856. The summed E-state index contributed by atoms with van der Waals surface area (Å²) < 4.78 is 12.6. The number of morpholine rings is 1. The third-order valence-corrected chi connectivity index (χ3v) is 4.76. The van der Waals surface area contributed by atoms with E-state index >= 15 is 0 Å². The van der Waals surface area contributed by atoms with Crippen molar-refractivity contribution in [3.05, 3.63) is 40.2 Å². The summed E-state index contributed by atoms with van der Waals surface area (Å²) >= 11 is 0. The van der Waals surface area contributed by atoms with Gasteiger partial charge in [0.1, 0.15) is 11.3 Å². The molecule has 7 nitrogen and oxygen atoms in total. The van der Waals surface area contributed by atoms with E-state index in [-0.39, 0.29) is 16.9 Å². The van der Waals surface area contributed by atoms with Crippen LogP contribution in [0.2, 0.25) is 0 Å². The minimum atomic E-state index is -0.332. The number of hydrogen-bond acceptors (Lipinski definition) is 5. The van der Waals surface area contributed by atoms with Crippen LogP contribution in [0.4, 0.5) is 0 Å². The SMILES string of the molecule is CCOc1ccc2c(c1)c(=O)c(C(=O)NCCCN1CCOCC1)cn2C. The van der Waals surface area contributed by atoms with E-state index in [2.05, 4.69) is 10.2 Å². The van der Waals surface area contributed by atoms with Crippen LogP contribution in [0, 0.1) is 0 Å². The summed E-state index contributed by atoms with van der Waals surface area (Å²) in [5.41, 5.74) is 0.660. The first-order valence-electron chi connectivity index (χ1n) is 9.44. The molecule has 0 radical (unpaired) electrons. The van der Waals surface area contributed by atoms with E-state index in [0.29, 0.717) is 24.3 Å². The van der Waals surface area contributed by atoms with Crippen LogP contribution in [0.3, 0.4) is 0 Å². The molecule has 0 spiro atoms. The fourth-order valence-corrected chi connectivity index (χ4v) is 3.31. The molecule has 1 fully saturated rings. The molecule has 3 rings (SSSR count). The van der Waals surface area contributed by atoms with Crippen molar-refractivity contribution in [2.24, 2.45) is 7.05 Å². The summed E-state index contributed by atoms with van der Waals surface area (Å²) in [6.45, 7) is 7.26. The Hall–Kier alpha value is -2.38. The molecule has 0 bridgehead atoms. The van der Waals surface area contributed by atoms with Crippen molar-refractivity contribution in [3.8, 4) is 5.75 Å². The van der Waals surface area contributed by atoms with Crippen LogP contribution in [0.1, 0.15) is 23.7 Å². The van der Waals surface area contributed by atoms with Crippen LogP contribution < -0.4 is 15.5 Å². The lowest BCUT2D eigenvalue weighted by Gasteiger charge is -2.26. The molecule has 1 saturated heterocycles. The van der Waals surface area contributed by atoms with Gasteiger partial charge in [0.15, 0.2) is 0 Å². The van der Waals surface area contributed by atoms with E-state index in [1.54, 1.807) is 16.8 Å². The number of pyridine rings is 1. The lowest BCUT2D eigenvalue weighted by molar-refractivity contribution is 0.0374. The maximum Gasteiger partial charge on any atom is 0.256 e. The highest BCUT2D eigenvalue weighted by Crippen LogP contribution is 2.18. The number of aryl methyl sites for hydroxylation is 1. The zero-order chi connectivity index (χ0) is 19.2. The predicted molar refractivity (Wildman–Crippen MR) is 105 cm³/mol. The second-order valence-corrected chi connectivity index (χ2v) is 6.66. The third-order valence-electron chi connectivity index (χ3n) is 4.76. The third kappa shape index (κ3) is 4.67. The van der Waals surface area contributed by atoms with Crippen LogP contribution in [0.5, 0.6) is 5.75 Å². The minimum Gasteiger partial charge on any atom is -0.494 e. The van der Waals surface area contributed by atoms with Crippen LogP contribution in [-0.4, -0.2) is 61.4 Å². The van der Waals surface area contributed by atoms with E-state index in [0.717, 1.165) is 44.8 Å². The monoisotopic (exact) mass is 373 g/mol. The van der Waals surface area contributed by atoms with Crippen molar-refractivity contribution >= 4 is 16.8 Å². The number of nitrogens with zero attached hydrogens (tertiary/aromatic N) is 2. The molecule has 7 heteroatoms. The molecular weight excluding hydrogens is 346 g/mol. The topological polar surface area (TPSA) is 72.8 Å². The Morgan fingerprint density at radius 3 is 2.81 bits per heavy atom. The summed E-state index contributed by atoms with van der Waals surface area (Å²) in [4.78, 5) is 27.7. The Morgan fingerprint density at radius 2 is 2.07 bits per heavy atom. The number of nitrogens with one attached hydrogen (secondary N) is 1. The highest BCUT2D eigenvalue weighted by Gasteiger charge is 2.15. The number of carbonyl (C=O) groups excluding carboxylic acids is 1. The van der Waals surface area contributed by atoms with Gasteiger partial charge < -0.3 is 19.4 Å². The van der Waals surface area contributed by atoms with Gasteiger partial charge in [-0.05, 0) is 38.1 Å². The lowest BCUT2D eigenvalue weighted by atomic mass is 10.1. The molecule has 1 amide bonds. The molecule has 1 aliphatic rings. The number of ether oxygens (including phenoxy) is 2. The van der Waals surface area contributed by atoms with E-state index in [1.807, 2.05) is 26.1 Å². The smallest absolute Gasteiger partial charge is 0.256 e. The van der Waals surface area contributed by atoms with Crippen molar-refractivity contribution in [1.82, 2.24) is 14.8 Å². The van der Waals surface area contributed by atoms with Gasteiger partial charge in [0.2, 0.25) is 5.43 Å². The number of fused-ring (bicyclic) bond motifs is 1. The van der Waals surface area contributed by atoms with Crippen molar-refractivity contribution in [2.75, 3.05) is 46.0 Å². The molecule has 27 heavy (non-hydrogen) atoms. The molecule has 146 valence electrons. The van der Waals surface area contributed by atoms with E-state index in [1.165, 1.54) is 0 Å². The van der Waals surface area contributed by atoms with Gasteiger partial charge in [-0.15, -0.1) is 0 Å². The Kier molecular flexibility index (Phi) is 6.47. The molecule has 1 N–H and O–H groups in total. The zero-order valence-corrected chi connectivity index (χ0v) is 16.0. The van der Waals surface area contributed by atoms with Crippen LogP contribution >= 0.6 is 0 Å². The van der Waals surface area contributed by atoms with Gasteiger partial charge in [0.05, 0.1) is 30.7 Å². The molecule has 0 saturated carbocycles. The molecule has 1 aromatic heterocycles. The summed E-state index contributed by atoms with van der Waals surface area (Å²) in [6.07, 6.45) is 2.44. The molecular formula is C20H27N3O4. The van der Waals surface area contributed by atoms with Gasteiger partial charge in [0, 0.05) is 32.9 Å². The van der Waals surface area contributed by atoms with E-state index < -0.39 is 0 Å². The molecule has 1 aromatic carbocycles. The van der Waals surface area contributed by atoms with E-state index in [9.17, 15) is 9.59 Å². The zero-order valence-electron chi connectivity index (χ0n) is 16.0. The van der Waals surface area contributed by atoms with Crippen molar-refractivity contribution in [2.45, 2.75) is 13.3 Å². The number of rotatable bonds is 7. The molecule has 0 aliphatic carbocycles. The van der Waals surface area contributed by atoms with Gasteiger partial charge in [-0.25, -0.2) is 0 Å². The van der Waals surface area contributed by atoms with Crippen LogP contribution in [0.25, 0.3) is 10.9 Å². The molecule has 2 aromatic rings. The molecule has 1 aliphatic heterocycles. The van der Waals surface area contributed by atoms with Crippen molar-refractivity contribution in [3.63, 3.8) is 0 Å². The molecule has 2 heterocycles.